The SMILES string of the molecule is COc1c(O)ccc(Br)c1C(C)(C)N. The van der Waals surface area contributed by atoms with Crippen molar-refractivity contribution in [3.8, 4) is 11.5 Å². The van der Waals surface area contributed by atoms with Crippen LogP contribution in [0.3, 0.4) is 0 Å². The molecule has 0 unspecified atom stereocenters. The van der Waals surface area contributed by atoms with Gasteiger partial charge in [0, 0.05) is 15.6 Å². The zero-order valence-electron chi connectivity index (χ0n) is 8.47. The number of methoxy groups -OCH3 is 1. The molecule has 0 aliphatic carbocycles. The van der Waals surface area contributed by atoms with E-state index in [1.54, 1.807) is 12.1 Å². The van der Waals surface area contributed by atoms with Gasteiger partial charge in [-0.05, 0) is 26.0 Å². The van der Waals surface area contributed by atoms with Crippen molar-refractivity contribution in [2.45, 2.75) is 19.4 Å². The minimum Gasteiger partial charge on any atom is -0.504 e. The lowest BCUT2D eigenvalue weighted by Crippen LogP contribution is -2.29. The standard InChI is InChI=1S/C10H14BrNO2/c1-10(2,12)8-6(11)4-5-7(13)9(8)14-3/h4-5,13H,12H2,1-3H3. The molecule has 0 saturated heterocycles. The van der Waals surface area contributed by atoms with Crippen molar-refractivity contribution in [1.29, 1.82) is 0 Å². The van der Waals surface area contributed by atoms with Gasteiger partial charge in [-0.25, -0.2) is 0 Å². The lowest BCUT2D eigenvalue weighted by molar-refractivity contribution is 0.358. The number of halogens is 1. The maximum Gasteiger partial charge on any atom is 0.166 e. The van der Waals surface area contributed by atoms with Crippen LogP contribution in [-0.4, -0.2) is 12.2 Å². The quantitative estimate of drug-likeness (QED) is 0.858. The van der Waals surface area contributed by atoms with E-state index < -0.39 is 5.54 Å². The van der Waals surface area contributed by atoms with Crippen LogP contribution in [0.1, 0.15) is 19.4 Å². The molecule has 4 heteroatoms. The number of hydrogen-bond donors (Lipinski definition) is 2. The minimum atomic E-state index is -0.567. The van der Waals surface area contributed by atoms with Crippen molar-refractivity contribution >= 4 is 15.9 Å². The fourth-order valence-corrected chi connectivity index (χ4v) is 2.18. The normalized spacial score (nSPS) is 11.5. The smallest absolute Gasteiger partial charge is 0.166 e. The molecule has 0 radical (unpaired) electrons. The molecule has 0 amide bonds. The molecule has 0 atom stereocenters. The summed E-state index contributed by atoms with van der Waals surface area (Å²) in [7, 11) is 1.51. The summed E-state index contributed by atoms with van der Waals surface area (Å²) in [6.45, 7) is 3.71. The number of nitrogens with two attached hydrogens (primary N) is 1. The van der Waals surface area contributed by atoms with Crippen molar-refractivity contribution in [3.63, 3.8) is 0 Å². The minimum absolute atomic E-state index is 0.101. The van der Waals surface area contributed by atoms with Crippen LogP contribution in [0, 0.1) is 0 Å². The Morgan fingerprint density at radius 1 is 1.43 bits per heavy atom. The highest BCUT2D eigenvalue weighted by molar-refractivity contribution is 9.10. The first-order valence-electron chi connectivity index (χ1n) is 4.22. The van der Waals surface area contributed by atoms with E-state index in [-0.39, 0.29) is 5.75 Å². The molecule has 0 aliphatic heterocycles. The van der Waals surface area contributed by atoms with Gasteiger partial charge in [0.15, 0.2) is 11.5 Å². The topological polar surface area (TPSA) is 55.5 Å². The third kappa shape index (κ3) is 2.01. The van der Waals surface area contributed by atoms with Crippen LogP contribution in [0.25, 0.3) is 0 Å². The number of aromatic hydroxyl groups is 1. The van der Waals surface area contributed by atoms with Gasteiger partial charge in [0.05, 0.1) is 7.11 Å². The molecule has 0 bridgehead atoms. The Bertz CT molecular complexity index is 345. The lowest BCUT2D eigenvalue weighted by atomic mass is 9.94. The second kappa shape index (κ2) is 3.79. The van der Waals surface area contributed by atoms with Crippen molar-refractivity contribution < 1.29 is 9.84 Å². The molecule has 14 heavy (non-hydrogen) atoms. The first-order chi connectivity index (χ1) is 6.38. The zero-order valence-corrected chi connectivity index (χ0v) is 10.1. The Hall–Kier alpha value is -0.740. The van der Waals surface area contributed by atoms with E-state index in [2.05, 4.69) is 15.9 Å². The van der Waals surface area contributed by atoms with Crippen LogP contribution in [0.4, 0.5) is 0 Å². The second-order valence-electron chi connectivity index (χ2n) is 3.70. The summed E-state index contributed by atoms with van der Waals surface area (Å²) in [6.07, 6.45) is 0. The van der Waals surface area contributed by atoms with E-state index >= 15 is 0 Å². The average Bonchev–Trinajstić information content (AvgIpc) is 2.06. The van der Waals surface area contributed by atoms with Gasteiger partial charge in [0.1, 0.15) is 0 Å². The largest absolute Gasteiger partial charge is 0.504 e. The third-order valence-corrected chi connectivity index (χ3v) is 2.60. The molecule has 3 nitrogen and oxygen atoms in total. The van der Waals surface area contributed by atoms with Crippen LogP contribution in [0.15, 0.2) is 16.6 Å². The van der Waals surface area contributed by atoms with Gasteiger partial charge in [-0.3, -0.25) is 0 Å². The van der Waals surface area contributed by atoms with Gasteiger partial charge < -0.3 is 15.6 Å². The summed E-state index contributed by atoms with van der Waals surface area (Å²) in [5.41, 5.74) is 6.18. The van der Waals surface area contributed by atoms with Crippen molar-refractivity contribution in [1.82, 2.24) is 0 Å². The van der Waals surface area contributed by atoms with Gasteiger partial charge in [0.2, 0.25) is 0 Å². The molecular formula is C10H14BrNO2. The first-order valence-corrected chi connectivity index (χ1v) is 5.02. The Labute approximate surface area is 92.0 Å². The summed E-state index contributed by atoms with van der Waals surface area (Å²) in [5.74, 6) is 0.524. The fraction of sp³-hybridized carbons (Fsp3) is 0.400. The van der Waals surface area contributed by atoms with Crippen LogP contribution in [0.2, 0.25) is 0 Å². The van der Waals surface area contributed by atoms with Crippen molar-refractivity contribution in [2.75, 3.05) is 7.11 Å². The molecule has 0 aliphatic rings. The maximum absolute atomic E-state index is 9.58. The van der Waals surface area contributed by atoms with Crippen molar-refractivity contribution in [2.24, 2.45) is 5.73 Å². The average molecular weight is 260 g/mol. The number of benzene rings is 1. The highest BCUT2D eigenvalue weighted by Gasteiger charge is 2.24. The van der Waals surface area contributed by atoms with Gasteiger partial charge in [-0.15, -0.1) is 0 Å². The van der Waals surface area contributed by atoms with E-state index in [0.717, 1.165) is 10.0 Å². The first kappa shape index (κ1) is 11.3. The Morgan fingerprint density at radius 3 is 2.36 bits per heavy atom. The van der Waals surface area contributed by atoms with E-state index in [0.29, 0.717) is 5.75 Å². The molecule has 1 rings (SSSR count). The van der Waals surface area contributed by atoms with E-state index in [4.69, 9.17) is 10.5 Å². The summed E-state index contributed by atoms with van der Waals surface area (Å²) in [4.78, 5) is 0. The van der Waals surface area contributed by atoms with E-state index in [1.807, 2.05) is 13.8 Å². The monoisotopic (exact) mass is 259 g/mol. The molecule has 0 aromatic heterocycles. The number of rotatable bonds is 2. The number of hydrogen-bond acceptors (Lipinski definition) is 3. The Morgan fingerprint density at radius 2 is 2.00 bits per heavy atom. The Kier molecular flexibility index (Phi) is 3.07. The van der Waals surface area contributed by atoms with Crippen LogP contribution in [0.5, 0.6) is 11.5 Å². The summed E-state index contributed by atoms with van der Waals surface area (Å²) in [6, 6.07) is 3.32. The summed E-state index contributed by atoms with van der Waals surface area (Å²) >= 11 is 3.39. The lowest BCUT2D eigenvalue weighted by Gasteiger charge is -2.24. The van der Waals surface area contributed by atoms with Crippen LogP contribution < -0.4 is 10.5 Å². The predicted octanol–water partition coefficient (Wildman–Crippen LogP) is 2.36. The molecule has 1 aromatic rings. The van der Waals surface area contributed by atoms with Gasteiger partial charge >= 0.3 is 0 Å². The second-order valence-corrected chi connectivity index (χ2v) is 4.55. The molecule has 0 heterocycles. The van der Waals surface area contributed by atoms with Crippen LogP contribution in [-0.2, 0) is 5.54 Å². The van der Waals surface area contributed by atoms with Gasteiger partial charge in [0.25, 0.3) is 0 Å². The maximum atomic E-state index is 9.58. The zero-order chi connectivity index (χ0) is 10.9. The predicted molar refractivity (Wildman–Crippen MR) is 59.6 cm³/mol. The third-order valence-electron chi connectivity index (χ3n) is 1.93. The summed E-state index contributed by atoms with van der Waals surface area (Å²) in [5, 5.41) is 9.58. The van der Waals surface area contributed by atoms with Crippen molar-refractivity contribution in [3.05, 3.63) is 22.2 Å². The molecule has 3 N–H and O–H groups in total. The molecule has 78 valence electrons. The highest BCUT2D eigenvalue weighted by atomic mass is 79.9. The molecule has 0 fully saturated rings. The molecule has 0 spiro atoms. The van der Waals surface area contributed by atoms with E-state index in [9.17, 15) is 5.11 Å². The highest BCUT2D eigenvalue weighted by Crippen LogP contribution is 2.40. The fourth-order valence-electron chi connectivity index (χ4n) is 1.35. The molecular weight excluding hydrogens is 246 g/mol. The Balaban J connectivity index is 3.46. The molecule has 1 aromatic carbocycles. The van der Waals surface area contributed by atoms with Gasteiger partial charge in [-0.2, -0.15) is 0 Å². The van der Waals surface area contributed by atoms with Crippen LogP contribution >= 0.6 is 15.9 Å². The van der Waals surface area contributed by atoms with Gasteiger partial charge in [-0.1, -0.05) is 15.9 Å². The van der Waals surface area contributed by atoms with E-state index in [1.165, 1.54) is 7.11 Å². The molecule has 0 saturated carbocycles. The number of ether oxygens (including phenoxy) is 1. The number of phenols is 1. The number of phenolic OH excluding ortho intramolecular Hbond substituents is 1. The summed E-state index contributed by atoms with van der Waals surface area (Å²) < 4.78 is 5.96.